The topological polar surface area (TPSA) is 79.5 Å². The van der Waals surface area contributed by atoms with E-state index in [0.29, 0.717) is 28.6 Å². The highest BCUT2D eigenvalue weighted by Gasteiger charge is 2.50. The molecule has 0 saturated heterocycles. The molecule has 0 aliphatic heterocycles. The zero-order valence-electron chi connectivity index (χ0n) is 22.7. The SMILES string of the molecule is CC(C)(C)OC(=O)NC1CCC(NCc2ccc(Cl)c(C(=O)NCC34CC5CC(CC(C5)C3)C4)c2)CC1. The predicted octanol–water partition coefficient (Wildman–Crippen LogP) is 6.21. The summed E-state index contributed by atoms with van der Waals surface area (Å²) < 4.78 is 5.38. The van der Waals surface area contributed by atoms with Crippen LogP contribution in [0.15, 0.2) is 18.2 Å². The fourth-order valence-corrected chi connectivity index (χ4v) is 8.11. The lowest BCUT2D eigenvalue weighted by Crippen LogP contribution is -2.51. The molecule has 5 aliphatic carbocycles. The van der Waals surface area contributed by atoms with Crippen LogP contribution in [0, 0.1) is 23.2 Å². The van der Waals surface area contributed by atoms with Crippen LogP contribution in [0.2, 0.25) is 5.02 Å². The summed E-state index contributed by atoms with van der Waals surface area (Å²) >= 11 is 6.47. The quantitative estimate of drug-likeness (QED) is 0.392. The Hall–Kier alpha value is -1.79. The van der Waals surface area contributed by atoms with E-state index in [1.54, 1.807) is 0 Å². The average Bonchev–Trinajstić information content (AvgIpc) is 2.81. The Morgan fingerprint density at radius 3 is 2.16 bits per heavy atom. The van der Waals surface area contributed by atoms with Crippen molar-refractivity contribution in [2.45, 2.75) is 109 Å². The van der Waals surface area contributed by atoms with E-state index in [-0.39, 0.29) is 18.0 Å². The summed E-state index contributed by atoms with van der Waals surface area (Å²) in [5.41, 5.74) is 1.48. The van der Waals surface area contributed by atoms with Gasteiger partial charge in [-0.3, -0.25) is 4.79 Å². The third-order valence-electron chi connectivity index (χ3n) is 9.11. The zero-order chi connectivity index (χ0) is 26.2. The Morgan fingerprint density at radius 1 is 0.973 bits per heavy atom. The molecule has 0 unspecified atom stereocenters. The summed E-state index contributed by atoms with van der Waals surface area (Å²) in [5, 5.41) is 10.4. The largest absolute Gasteiger partial charge is 0.444 e. The lowest BCUT2D eigenvalue weighted by atomic mass is 9.49. The molecule has 4 bridgehead atoms. The lowest BCUT2D eigenvalue weighted by molar-refractivity contribution is -0.0503. The van der Waals surface area contributed by atoms with Gasteiger partial charge in [0.2, 0.25) is 0 Å². The van der Waals surface area contributed by atoms with Gasteiger partial charge in [0.1, 0.15) is 5.60 Å². The third-order valence-corrected chi connectivity index (χ3v) is 9.44. The highest BCUT2D eigenvalue weighted by molar-refractivity contribution is 6.33. The third kappa shape index (κ3) is 6.81. The number of halogens is 1. The summed E-state index contributed by atoms with van der Waals surface area (Å²) in [6, 6.07) is 6.34. The van der Waals surface area contributed by atoms with Crippen molar-refractivity contribution in [3.8, 4) is 0 Å². The van der Waals surface area contributed by atoms with Crippen molar-refractivity contribution in [2.24, 2.45) is 23.2 Å². The van der Waals surface area contributed by atoms with Crippen LogP contribution >= 0.6 is 11.6 Å². The molecule has 1 aromatic rings. The van der Waals surface area contributed by atoms with Crippen LogP contribution in [-0.4, -0.2) is 36.2 Å². The van der Waals surface area contributed by atoms with Gasteiger partial charge in [-0.1, -0.05) is 17.7 Å². The molecule has 0 atom stereocenters. The van der Waals surface area contributed by atoms with Crippen molar-refractivity contribution in [1.82, 2.24) is 16.0 Å². The van der Waals surface area contributed by atoms with Gasteiger partial charge >= 0.3 is 6.09 Å². The maximum atomic E-state index is 13.2. The first-order valence-electron chi connectivity index (χ1n) is 14.4. The number of carbonyl (C=O) groups is 2. The van der Waals surface area contributed by atoms with E-state index < -0.39 is 5.60 Å². The molecule has 1 aromatic carbocycles. The van der Waals surface area contributed by atoms with Gasteiger partial charge in [-0.15, -0.1) is 0 Å². The van der Waals surface area contributed by atoms with Crippen LogP contribution in [0.4, 0.5) is 4.79 Å². The van der Waals surface area contributed by atoms with Crippen molar-refractivity contribution < 1.29 is 14.3 Å². The van der Waals surface area contributed by atoms with Crippen molar-refractivity contribution >= 4 is 23.6 Å². The summed E-state index contributed by atoms with van der Waals surface area (Å²) in [4.78, 5) is 25.2. The van der Waals surface area contributed by atoms with Crippen molar-refractivity contribution in [3.63, 3.8) is 0 Å². The molecule has 2 amide bonds. The van der Waals surface area contributed by atoms with E-state index in [9.17, 15) is 9.59 Å². The Kier molecular flexibility index (Phi) is 7.80. The fraction of sp³-hybridized carbons (Fsp3) is 0.733. The second-order valence-electron chi connectivity index (χ2n) is 13.5. The molecule has 204 valence electrons. The van der Waals surface area contributed by atoms with Crippen LogP contribution < -0.4 is 16.0 Å². The number of hydrogen-bond donors (Lipinski definition) is 3. The van der Waals surface area contributed by atoms with E-state index in [1.165, 1.54) is 38.5 Å². The first kappa shape index (κ1) is 26.8. The van der Waals surface area contributed by atoms with Crippen LogP contribution in [0.5, 0.6) is 0 Å². The Morgan fingerprint density at radius 2 is 1.57 bits per heavy atom. The number of benzene rings is 1. The fourth-order valence-electron chi connectivity index (χ4n) is 7.90. The van der Waals surface area contributed by atoms with Gasteiger partial charge in [-0.25, -0.2) is 4.79 Å². The summed E-state index contributed by atoms with van der Waals surface area (Å²) in [6.07, 6.45) is 11.6. The molecule has 0 radical (unpaired) electrons. The molecule has 6 nitrogen and oxygen atoms in total. The lowest BCUT2D eigenvalue weighted by Gasteiger charge is -2.56. The van der Waals surface area contributed by atoms with Gasteiger partial charge in [-0.2, -0.15) is 0 Å². The van der Waals surface area contributed by atoms with Crippen LogP contribution in [0.1, 0.15) is 101 Å². The van der Waals surface area contributed by atoms with E-state index in [1.807, 2.05) is 39.0 Å². The van der Waals surface area contributed by atoms with E-state index >= 15 is 0 Å². The van der Waals surface area contributed by atoms with Crippen molar-refractivity contribution in [3.05, 3.63) is 34.3 Å². The highest BCUT2D eigenvalue weighted by atomic mass is 35.5. The van der Waals surface area contributed by atoms with Gasteiger partial charge in [0.05, 0.1) is 10.6 Å². The van der Waals surface area contributed by atoms with Gasteiger partial charge in [-0.05, 0) is 126 Å². The van der Waals surface area contributed by atoms with Crippen LogP contribution in [0.25, 0.3) is 0 Å². The second-order valence-corrected chi connectivity index (χ2v) is 13.9. The summed E-state index contributed by atoms with van der Waals surface area (Å²) in [6.45, 7) is 7.11. The standard InChI is InChI=1S/C30H44ClN3O3/c1-29(2,3)37-28(36)34-24-7-5-23(6-8-24)32-17-19-4-9-26(31)25(13-19)27(35)33-18-30-14-20-10-21(15-30)12-22(11-20)16-30/h4,9,13,20-24,32H,5-8,10-12,14-18H2,1-3H3,(H,33,35)(H,34,36). The number of nitrogens with one attached hydrogen (secondary N) is 3. The van der Waals surface area contributed by atoms with E-state index in [4.69, 9.17) is 16.3 Å². The second kappa shape index (κ2) is 10.8. The summed E-state index contributed by atoms with van der Waals surface area (Å²) in [7, 11) is 0. The minimum absolute atomic E-state index is 0.0451. The molecule has 0 aromatic heterocycles. The number of alkyl carbamates (subject to hydrolysis) is 1. The zero-order valence-corrected chi connectivity index (χ0v) is 23.5. The normalized spacial score (nSPS) is 32.7. The van der Waals surface area contributed by atoms with E-state index in [0.717, 1.165) is 55.5 Å². The van der Waals surface area contributed by atoms with Crippen LogP contribution in [-0.2, 0) is 11.3 Å². The molecule has 0 spiro atoms. The average molecular weight is 530 g/mol. The Bertz CT molecular complexity index is 961. The molecule has 7 heteroatoms. The number of amides is 2. The monoisotopic (exact) mass is 529 g/mol. The Labute approximate surface area is 227 Å². The number of hydrogen-bond acceptors (Lipinski definition) is 4. The molecular formula is C30H44ClN3O3. The maximum Gasteiger partial charge on any atom is 0.407 e. The van der Waals surface area contributed by atoms with Gasteiger partial charge in [0.15, 0.2) is 0 Å². The predicted molar refractivity (Wildman–Crippen MR) is 147 cm³/mol. The molecule has 3 N–H and O–H groups in total. The van der Waals surface area contributed by atoms with Gasteiger partial charge in [0, 0.05) is 25.2 Å². The summed E-state index contributed by atoms with van der Waals surface area (Å²) in [5.74, 6) is 2.59. The highest BCUT2D eigenvalue weighted by Crippen LogP contribution is 2.59. The van der Waals surface area contributed by atoms with Gasteiger partial charge < -0.3 is 20.7 Å². The maximum absolute atomic E-state index is 13.2. The molecular weight excluding hydrogens is 486 g/mol. The van der Waals surface area contributed by atoms with E-state index in [2.05, 4.69) is 16.0 Å². The molecule has 0 heterocycles. The number of ether oxygens (including phenoxy) is 1. The minimum atomic E-state index is -0.480. The first-order chi connectivity index (χ1) is 17.6. The molecule has 6 rings (SSSR count). The molecule has 5 saturated carbocycles. The Balaban J connectivity index is 1.09. The van der Waals surface area contributed by atoms with Crippen molar-refractivity contribution in [1.29, 1.82) is 0 Å². The van der Waals surface area contributed by atoms with Crippen LogP contribution in [0.3, 0.4) is 0 Å². The first-order valence-corrected chi connectivity index (χ1v) is 14.7. The number of carbonyl (C=O) groups excluding carboxylic acids is 2. The number of rotatable bonds is 7. The van der Waals surface area contributed by atoms with Crippen molar-refractivity contribution in [2.75, 3.05) is 6.54 Å². The molecule has 5 fully saturated rings. The smallest absolute Gasteiger partial charge is 0.407 e. The minimum Gasteiger partial charge on any atom is -0.444 e. The van der Waals surface area contributed by atoms with Gasteiger partial charge in [0.25, 0.3) is 5.91 Å². The molecule has 37 heavy (non-hydrogen) atoms. The molecule has 5 aliphatic rings.